The lowest BCUT2D eigenvalue weighted by molar-refractivity contribution is -0.117. The number of carbonyl (C=O) groups excluding carboxylic acids is 1. The van der Waals surface area contributed by atoms with Crippen LogP contribution in [0.3, 0.4) is 0 Å². The smallest absolute Gasteiger partial charge is 0.130 e. The lowest BCUT2D eigenvalue weighted by Gasteiger charge is -2.14. The van der Waals surface area contributed by atoms with Crippen molar-refractivity contribution in [2.75, 3.05) is 0 Å². The number of thiazole rings is 1. The molecule has 0 saturated heterocycles. The van der Waals surface area contributed by atoms with E-state index in [1.54, 1.807) is 18.3 Å². The van der Waals surface area contributed by atoms with Gasteiger partial charge in [0.2, 0.25) is 0 Å². The van der Waals surface area contributed by atoms with Crippen LogP contribution in [0.1, 0.15) is 44.3 Å². The summed E-state index contributed by atoms with van der Waals surface area (Å²) in [5.74, 6) is 0.524. The second-order valence-corrected chi connectivity index (χ2v) is 7.57. The third kappa shape index (κ3) is 6.47. The van der Waals surface area contributed by atoms with Crippen molar-refractivity contribution in [2.45, 2.75) is 40.5 Å². The minimum absolute atomic E-state index is 0.242. The molecule has 1 atom stereocenters. The van der Waals surface area contributed by atoms with E-state index >= 15 is 0 Å². The van der Waals surface area contributed by atoms with Crippen LogP contribution < -0.4 is 0 Å². The molecule has 1 heterocycles. The van der Waals surface area contributed by atoms with Gasteiger partial charge in [-0.15, -0.1) is 11.3 Å². The molecule has 104 valence electrons. The van der Waals surface area contributed by atoms with E-state index in [-0.39, 0.29) is 11.7 Å². The van der Waals surface area contributed by atoms with Crippen molar-refractivity contribution in [1.82, 2.24) is 4.98 Å². The summed E-state index contributed by atoms with van der Waals surface area (Å²) in [7, 11) is 0. The van der Waals surface area contributed by atoms with Gasteiger partial charge in [0.25, 0.3) is 0 Å². The van der Waals surface area contributed by atoms with E-state index in [1.807, 2.05) is 6.92 Å². The highest BCUT2D eigenvalue weighted by Crippen LogP contribution is 2.24. The third-order valence-electron chi connectivity index (χ3n) is 2.87. The molecule has 0 bridgehead atoms. The summed E-state index contributed by atoms with van der Waals surface area (Å²) < 4.78 is 1.27. The van der Waals surface area contributed by atoms with Crippen molar-refractivity contribution in [1.29, 1.82) is 0 Å². The first-order chi connectivity index (χ1) is 8.88. The Kier molecular flexibility index (Phi) is 6.93. The van der Waals surface area contributed by atoms with Crippen LogP contribution in [-0.2, 0) is 4.79 Å². The fourth-order valence-corrected chi connectivity index (χ4v) is 2.70. The molecule has 0 saturated carbocycles. The molecule has 0 unspecified atom stereocenters. The molecule has 0 aliphatic heterocycles. The molecule has 0 aliphatic rings. The average molecular weight is 389 g/mol. The number of nitrogens with zero attached hydrogens (tertiary/aromatic N) is 1. The van der Waals surface area contributed by atoms with Crippen molar-refractivity contribution >= 4 is 45.8 Å². The van der Waals surface area contributed by atoms with Crippen LogP contribution in [0, 0.1) is 12.8 Å². The van der Waals surface area contributed by atoms with Gasteiger partial charge in [0, 0.05) is 11.8 Å². The van der Waals surface area contributed by atoms with E-state index in [2.05, 4.69) is 59.0 Å². The second kappa shape index (κ2) is 7.94. The predicted octanol–water partition coefficient (Wildman–Crippen LogP) is 5.18. The topological polar surface area (TPSA) is 30.0 Å². The number of Topliss-reactive ketones (excluding diaryl/α,β-unsaturated/α-hetero) is 1. The van der Waals surface area contributed by atoms with Gasteiger partial charge in [-0.25, -0.2) is 4.98 Å². The molecule has 1 aromatic heterocycles. The number of hydrogen-bond donors (Lipinski definition) is 0. The van der Waals surface area contributed by atoms with E-state index in [0.29, 0.717) is 6.42 Å². The largest absolute Gasteiger partial charge is 0.300 e. The Balaban J connectivity index is 2.86. The van der Waals surface area contributed by atoms with E-state index in [1.165, 1.54) is 9.15 Å². The van der Waals surface area contributed by atoms with Crippen LogP contribution in [0.15, 0.2) is 20.6 Å². The van der Waals surface area contributed by atoms with Gasteiger partial charge >= 0.3 is 0 Å². The van der Waals surface area contributed by atoms with E-state index in [4.69, 9.17) is 0 Å². The molecule has 0 fully saturated rings. The van der Waals surface area contributed by atoms with Gasteiger partial charge in [-0.3, -0.25) is 0 Å². The predicted molar refractivity (Wildman–Crippen MR) is 91.7 cm³/mol. The first kappa shape index (κ1) is 16.6. The summed E-state index contributed by atoms with van der Waals surface area (Å²) in [6.07, 6.45) is 5.82. The third-order valence-corrected chi connectivity index (χ3v) is 4.11. The maximum Gasteiger partial charge on any atom is 0.130 e. The highest BCUT2D eigenvalue weighted by Gasteiger charge is 2.13. The number of hydrogen-bond acceptors (Lipinski definition) is 3. The molecule has 0 amide bonds. The highest BCUT2D eigenvalue weighted by atomic mass is 127. The SMILES string of the molecule is CC(=O)C[C@@H](C/C=C(\C)I)/C(C)=C/c1csc(C)n1. The number of aryl methyl sites for hydroxylation is 1. The quantitative estimate of drug-likeness (QED) is 0.628. The molecule has 2 nitrogen and oxygen atoms in total. The molecule has 4 heteroatoms. The van der Waals surface area contributed by atoms with Crippen LogP contribution >= 0.6 is 33.9 Å². The van der Waals surface area contributed by atoms with Gasteiger partial charge in [-0.2, -0.15) is 0 Å². The lowest BCUT2D eigenvalue weighted by atomic mass is 9.91. The van der Waals surface area contributed by atoms with Crippen molar-refractivity contribution in [3.63, 3.8) is 0 Å². The Bertz CT molecular complexity index is 498. The van der Waals surface area contributed by atoms with Gasteiger partial charge in [0.15, 0.2) is 0 Å². The normalized spacial score (nSPS) is 14.6. The van der Waals surface area contributed by atoms with Crippen LogP contribution in [-0.4, -0.2) is 10.8 Å². The molecule has 0 spiro atoms. The standard InChI is InChI=1S/C15H20INOS/c1-10(7-15-9-19-13(4)17-15)14(8-12(3)18)6-5-11(2)16/h5,7,9,14H,6,8H2,1-4H3/b10-7+,11-5+/t14-/m1/s1. The molecule has 0 aromatic carbocycles. The van der Waals surface area contributed by atoms with E-state index in [9.17, 15) is 4.79 Å². The second-order valence-electron chi connectivity index (χ2n) is 4.81. The van der Waals surface area contributed by atoms with Crippen LogP contribution in [0.2, 0.25) is 0 Å². The Morgan fingerprint density at radius 1 is 1.47 bits per heavy atom. The maximum absolute atomic E-state index is 11.4. The number of aromatic nitrogens is 1. The Labute approximate surface area is 133 Å². The summed E-state index contributed by atoms with van der Waals surface area (Å²) >= 11 is 3.96. The van der Waals surface area contributed by atoms with Gasteiger partial charge in [-0.05, 0) is 72.3 Å². The van der Waals surface area contributed by atoms with Crippen molar-refractivity contribution < 1.29 is 4.79 Å². The zero-order valence-corrected chi connectivity index (χ0v) is 14.8. The summed E-state index contributed by atoms with van der Waals surface area (Å²) in [5.41, 5.74) is 2.23. The van der Waals surface area contributed by atoms with E-state index < -0.39 is 0 Å². The number of ketones is 1. The Hall–Kier alpha value is -0.490. The Morgan fingerprint density at radius 2 is 2.16 bits per heavy atom. The molecule has 0 radical (unpaired) electrons. The molecular weight excluding hydrogens is 369 g/mol. The molecule has 0 N–H and O–H groups in total. The van der Waals surface area contributed by atoms with Gasteiger partial charge < -0.3 is 4.79 Å². The molecule has 19 heavy (non-hydrogen) atoms. The van der Waals surface area contributed by atoms with Gasteiger partial charge in [0.05, 0.1) is 10.7 Å². The summed E-state index contributed by atoms with van der Waals surface area (Å²) in [5, 5.41) is 3.13. The molecule has 1 rings (SSSR count). The Morgan fingerprint density at radius 3 is 2.63 bits per heavy atom. The van der Waals surface area contributed by atoms with Gasteiger partial charge in [0.1, 0.15) is 5.78 Å². The fourth-order valence-electron chi connectivity index (χ4n) is 1.88. The lowest BCUT2D eigenvalue weighted by Crippen LogP contribution is -2.06. The zero-order valence-electron chi connectivity index (χ0n) is 11.9. The average Bonchev–Trinajstić information content (AvgIpc) is 2.69. The molecule has 1 aromatic rings. The minimum Gasteiger partial charge on any atom is -0.300 e. The first-order valence-corrected chi connectivity index (χ1v) is 8.26. The fraction of sp³-hybridized carbons (Fsp3) is 0.467. The number of carbonyl (C=O) groups is 1. The molecule has 0 aliphatic carbocycles. The zero-order chi connectivity index (χ0) is 14.4. The minimum atomic E-state index is 0.242. The first-order valence-electron chi connectivity index (χ1n) is 6.30. The number of halogens is 1. The number of rotatable bonds is 6. The number of allylic oxidation sites excluding steroid dienone is 3. The van der Waals surface area contributed by atoms with Crippen LogP contribution in [0.5, 0.6) is 0 Å². The molecular formula is C15H20INOS. The summed E-state index contributed by atoms with van der Waals surface area (Å²) in [6.45, 7) is 7.84. The monoisotopic (exact) mass is 389 g/mol. The van der Waals surface area contributed by atoms with Crippen molar-refractivity contribution in [3.05, 3.63) is 31.3 Å². The van der Waals surface area contributed by atoms with Crippen LogP contribution in [0.25, 0.3) is 6.08 Å². The van der Waals surface area contributed by atoms with Gasteiger partial charge in [-0.1, -0.05) is 11.6 Å². The van der Waals surface area contributed by atoms with Crippen molar-refractivity contribution in [3.8, 4) is 0 Å². The van der Waals surface area contributed by atoms with Crippen LogP contribution in [0.4, 0.5) is 0 Å². The van der Waals surface area contributed by atoms with Crippen molar-refractivity contribution in [2.24, 2.45) is 5.92 Å². The summed E-state index contributed by atoms with van der Waals surface area (Å²) in [6, 6.07) is 0. The summed E-state index contributed by atoms with van der Waals surface area (Å²) in [4.78, 5) is 15.8. The van der Waals surface area contributed by atoms with E-state index in [0.717, 1.165) is 17.1 Å². The highest BCUT2D eigenvalue weighted by molar-refractivity contribution is 14.1. The maximum atomic E-state index is 11.4.